The van der Waals surface area contributed by atoms with E-state index in [1.54, 1.807) is 25.2 Å². The highest BCUT2D eigenvalue weighted by atomic mass is 32.1. The normalized spacial score (nSPS) is 11.7. The van der Waals surface area contributed by atoms with Crippen LogP contribution in [0.25, 0.3) is 0 Å². The summed E-state index contributed by atoms with van der Waals surface area (Å²) in [4.78, 5) is 12.7. The Morgan fingerprint density at radius 2 is 2.17 bits per heavy atom. The number of ketones is 1. The van der Waals surface area contributed by atoms with Crippen LogP contribution in [0.15, 0.2) is 11.4 Å². The number of Topliss-reactive ketones (excluding diaryl/α,β-unsaturated/α-hetero) is 1. The van der Waals surface area contributed by atoms with Crippen LogP contribution < -0.4 is 5.73 Å². The molecule has 0 aliphatic carbocycles. The number of hydrogen-bond acceptors (Lipinski definition) is 3. The maximum atomic E-state index is 11.6. The van der Waals surface area contributed by atoms with E-state index in [2.05, 4.69) is 0 Å². The second-order valence-corrected chi connectivity index (χ2v) is 4.61. The predicted octanol–water partition coefficient (Wildman–Crippen LogP) is 1.98. The SMILES string of the molecule is Cc1cc(C(=O)C(C)(C)N)cs1. The van der Waals surface area contributed by atoms with E-state index in [4.69, 9.17) is 5.73 Å². The molecule has 1 rings (SSSR count). The van der Waals surface area contributed by atoms with Gasteiger partial charge in [-0.15, -0.1) is 11.3 Å². The van der Waals surface area contributed by atoms with Crippen LogP contribution in [0.4, 0.5) is 0 Å². The van der Waals surface area contributed by atoms with Gasteiger partial charge in [0.05, 0.1) is 5.54 Å². The number of aryl methyl sites for hydroxylation is 1. The quantitative estimate of drug-likeness (QED) is 0.712. The van der Waals surface area contributed by atoms with Crippen molar-refractivity contribution in [3.8, 4) is 0 Å². The second-order valence-electron chi connectivity index (χ2n) is 3.50. The van der Waals surface area contributed by atoms with Crippen LogP contribution in [0.5, 0.6) is 0 Å². The van der Waals surface area contributed by atoms with Crippen LogP contribution in [0.3, 0.4) is 0 Å². The highest BCUT2D eigenvalue weighted by Crippen LogP contribution is 2.17. The van der Waals surface area contributed by atoms with Crippen molar-refractivity contribution >= 4 is 17.1 Å². The molecular weight excluding hydrogens is 170 g/mol. The summed E-state index contributed by atoms with van der Waals surface area (Å²) in [7, 11) is 0. The Hall–Kier alpha value is -0.670. The molecule has 1 aromatic heterocycles. The Bertz CT molecular complexity index is 296. The number of carbonyl (C=O) groups is 1. The smallest absolute Gasteiger partial charge is 0.182 e. The molecule has 3 heteroatoms. The molecule has 0 saturated heterocycles. The minimum absolute atomic E-state index is 0.00634. The number of carbonyl (C=O) groups excluding carboxylic acids is 1. The zero-order chi connectivity index (χ0) is 9.35. The number of rotatable bonds is 2. The van der Waals surface area contributed by atoms with Crippen LogP contribution >= 0.6 is 11.3 Å². The first-order valence-electron chi connectivity index (χ1n) is 3.80. The van der Waals surface area contributed by atoms with Crippen molar-refractivity contribution in [2.45, 2.75) is 26.3 Å². The molecule has 0 aliphatic heterocycles. The summed E-state index contributed by atoms with van der Waals surface area (Å²) in [6.45, 7) is 5.43. The van der Waals surface area contributed by atoms with Crippen molar-refractivity contribution in [2.75, 3.05) is 0 Å². The number of nitrogens with two attached hydrogens (primary N) is 1. The van der Waals surface area contributed by atoms with Crippen molar-refractivity contribution in [3.05, 3.63) is 21.9 Å². The highest BCUT2D eigenvalue weighted by molar-refractivity contribution is 7.10. The van der Waals surface area contributed by atoms with E-state index in [1.807, 2.05) is 18.4 Å². The molecule has 0 bridgehead atoms. The first-order valence-corrected chi connectivity index (χ1v) is 4.68. The van der Waals surface area contributed by atoms with E-state index in [1.165, 1.54) is 0 Å². The lowest BCUT2D eigenvalue weighted by Crippen LogP contribution is -2.41. The average Bonchev–Trinajstić information content (AvgIpc) is 2.32. The van der Waals surface area contributed by atoms with Crippen LogP contribution in [0.2, 0.25) is 0 Å². The van der Waals surface area contributed by atoms with Crippen LogP contribution in [0.1, 0.15) is 29.1 Å². The van der Waals surface area contributed by atoms with Crippen LogP contribution in [-0.2, 0) is 0 Å². The molecule has 0 fully saturated rings. The van der Waals surface area contributed by atoms with Gasteiger partial charge in [-0.2, -0.15) is 0 Å². The van der Waals surface area contributed by atoms with Crippen molar-refractivity contribution in [3.63, 3.8) is 0 Å². The Morgan fingerprint density at radius 1 is 1.58 bits per heavy atom. The molecule has 1 heterocycles. The third-order valence-electron chi connectivity index (χ3n) is 1.58. The van der Waals surface area contributed by atoms with Gasteiger partial charge in [0, 0.05) is 15.8 Å². The van der Waals surface area contributed by atoms with E-state index < -0.39 is 5.54 Å². The molecule has 0 atom stereocenters. The molecule has 0 amide bonds. The van der Waals surface area contributed by atoms with Crippen molar-refractivity contribution in [1.82, 2.24) is 0 Å². The average molecular weight is 183 g/mol. The first-order chi connectivity index (χ1) is 5.41. The summed E-state index contributed by atoms with van der Waals surface area (Å²) in [5, 5.41) is 1.85. The largest absolute Gasteiger partial charge is 0.319 e. The lowest BCUT2D eigenvalue weighted by molar-refractivity contribution is 0.0914. The Morgan fingerprint density at radius 3 is 2.50 bits per heavy atom. The molecule has 0 saturated carbocycles. The van der Waals surface area contributed by atoms with Gasteiger partial charge in [0.2, 0.25) is 0 Å². The Balaban J connectivity index is 2.93. The highest BCUT2D eigenvalue weighted by Gasteiger charge is 2.23. The summed E-state index contributed by atoms with van der Waals surface area (Å²) in [6.07, 6.45) is 0. The summed E-state index contributed by atoms with van der Waals surface area (Å²) < 4.78 is 0. The molecule has 0 aliphatic rings. The molecule has 0 aromatic carbocycles. The van der Waals surface area contributed by atoms with Gasteiger partial charge in [0.25, 0.3) is 0 Å². The second kappa shape index (κ2) is 2.99. The fraction of sp³-hybridized carbons (Fsp3) is 0.444. The summed E-state index contributed by atoms with van der Waals surface area (Å²) in [6, 6.07) is 1.88. The summed E-state index contributed by atoms with van der Waals surface area (Å²) in [5.41, 5.74) is 5.65. The predicted molar refractivity (Wildman–Crippen MR) is 51.7 cm³/mol. The Kier molecular flexibility index (Phi) is 2.35. The van der Waals surface area contributed by atoms with Gasteiger partial charge in [0.1, 0.15) is 0 Å². The maximum Gasteiger partial charge on any atom is 0.182 e. The topological polar surface area (TPSA) is 43.1 Å². The van der Waals surface area contributed by atoms with Crippen molar-refractivity contribution < 1.29 is 4.79 Å². The summed E-state index contributed by atoms with van der Waals surface area (Å²) >= 11 is 1.57. The third-order valence-corrected chi connectivity index (χ3v) is 2.44. The molecule has 0 spiro atoms. The van der Waals surface area contributed by atoms with E-state index in [0.717, 1.165) is 10.4 Å². The lowest BCUT2D eigenvalue weighted by Gasteiger charge is -2.15. The Labute approximate surface area is 76.4 Å². The van der Waals surface area contributed by atoms with E-state index in [-0.39, 0.29) is 5.78 Å². The van der Waals surface area contributed by atoms with Gasteiger partial charge in [-0.3, -0.25) is 4.79 Å². The van der Waals surface area contributed by atoms with Gasteiger partial charge < -0.3 is 5.73 Å². The first kappa shape index (κ1) is 9.42. The number of hydrogen-bond donors (Lipinski definition) is 1. The fourth-order valence-electron chi connectivity index (χ4n) is 0.935. The third kappa shape index (κ3) is 1.93. The summed E-state index contributed by atoms with van der Waals surface area (Å²) in [5.74, 6) is 0.00634. The minimum Gasteiger partial charge on any atom is -0.319 e. The number of thiophene rings is 1. The zero-order valence-corrected chi connectivity index (χ0v) is 8.37. The van der Waals surface area contributed by atoms with Crippen LogP contribution in [0, 0.1) is 6.92 Å². The van der Waals surface area contributed by atoms with Gasteiger partial charge >= 0.3 is 0 Å². The molecular formula is C9H13NOS. The van der Waals surface area contributed by atoms with Gasteiger partial charge in [-0.25, -0.2) is 0 Å². The fourth-order valence-corrected chi connectivity index (χ4v) is 1.62. The zero-order valence-electron chi connectivity index (χ0n) is 7.55. The molecule has 0 radical (unpaired) electrons. The standard InChI is InChI=1S/C9H13NOS/c1-6-4-7(5-12-6)8(11)9(2,3)10/h4-5H,10H2,1-3H3. The maximum absolute atomic E-state index is 11.6. The molecule has 1 aromatic rings. The van der Waals surface area contributed by atoms with Crippen molar-refractivity contribution in [2.24, 2.45) is 5.73 Å². The van der Waals surface area contributed by atoms with E-state index in [9.17, 15) is 4.79 Å². The van der Waals surface area contributed by atoms with Gasteiger partial charge in [-0.1, -0.05) is 0 Å². The lowest BCUT2D eigenvalue weighted by atomic mass is 9.96. The monoisotopic (exact) mass is 183 g/mol. The van der Waals surface area contributed by atoms with Gasteiger partial charge in [0.15, 0.2) is 5.78 Å². The molecule has 0 unspecified atom stereocenters. The van der Waals surface area contributed by atoms with E-state index in [0.29, 0.717) is 0 Å². The van der Waals surface area contributed by atoms with Crippen LogP contribution in [-0.4, -0.2) is 11.3 Å². The molecule has 2 N–H and O–H groups in total. The molecule has 12 heavy (non-hydrogen) atoms. The van der Waals surface area contributed by atoms with E-state index >= 15 is 0 Å². The molecule has 66 valence electrons. The van der Waals surface area contributed by atoms with Crippen molar-refractivity contribution in [1.29, 1.82) is 0 Å². The van der Waals surface area contributed by atoms with Gasteiger partial charge in [-0.05, 0) is 26.8 Å². The molecule has 2 nitrogen and oxygen atoms in total. The minimum atomic E-state index is -0.756.